The maximum absolute atomic E-state index is 12.1. The van der Waals surface area contributed by atoms with Crippen molar-refractivity contribution in [1.82, 2.24) is 0 Å². The van der Waals surface area contributed by atoms with Crippen molar-refractivity contribution in [3.8, 4) is 5.75 Å². The van der Waals surface area contributed by atoms with E-state index in [9.17, 15) is 4.79 Å². The second-order valence-corrected chi connectivity index (χ2v) is 4.65. The summed E-state index contributed by atoms with van der Waals surface area (Å²) in [5.41, 5.74) is 8.01. The largest absolute Gasteiger partial charge is 0.494 e. The molecule has 0 aliphatic carbocycles. The van der Waals surface area contributed by atoms with Gasteiger partial charge in [-0.3, -0.25) is 4.79 Å². The molecule has 2 aromatic carbocycles. The second kappa shape index (κ2) is 7.45. The quantitative estimate of drug-likeness (QED) is 0.857. The number of amides is 1. The Hall–Kier alpha value is -2.33. The summed E-state index contributed by atoms with van der Waals surface area (Å²) in [7, 11) is 0. The standard InChI is InChI=1S/C17H20N2O2/c1-2-21-16-9-7-15(8-10-16)19-17(20)14-5-3-13(4-6-14)11-12-18/h3-10H,2,11-12,18H2,1H3,(H,19,20). The molecule has 4 heteroatoms. The minimum Gasteiger partial charge on any atom is -0.494 e. The number of anilines is 1. The number of hydrogen-bond acceptors (Lipinski definition) is 3. The van der Waals surface area contributed by atoms with Gasteiger partial charge in [0.25, 0.3) is 5.91 Å². The van der Waals surface area contributed by atoms with Gasteiger partial charge >= 0.3 is 0 Å². The van der Waals surface area contributed by atoms with Crippen LogP contribution in [0.25, 0.3) is 0 Å². The molecule has 0 heterocycles. The third-order valence-corrected chi connectivity index (χ3v) is 3.07. The van der Waals surface area contributed by atoms with Gasteiger partial charge in [0.1, 0.15) is 5.75 Å². The molecule has 0 fully saturated rings. The van der Waals surface area contributed by atoms with Crippen molar-refractivity contribution in [2.24, 2.45) is 5.73 Å². The van der Waals surface area contributed by atoms with Gasteiger partial charge in [-0.2, -0.15) is 0 Å². The van der Waals surface area contributed by atoms with Crippen LogP contribution in [0, 0.1) is 0 Å². The molecular formula is C17H20N2O2. The van der Waals surface area contributed by atoms with Crippen molar-refractivity contribution in [2.75, 3.05) is 18.5 Å². The van der Waals surface area contributed by atoms with E-state index in [1.54, 1.807) is 0 Å². The van der Waals surface area contributed by atoms with E-state index in [-0.39, 0.29) is 5.91 Å². The molecule has 1 amide bonds. The summed E-state index contributed by atoms with van der Waals surface area (Å²) < 4.78 is 5.36. The summed E-state index contributed by atoms with van der Waals surface area (Å²) in [4.78, 5) is 12.1. The summed E-state index contributed by atoms with van der Waals surface area (Å²) in [5.74, 6) is 0.667. The molecule has 110 valence electrons. The summed E-state index contributed by atoms with van der Waals surface area (Å²) in [6, 6.07) is 14.8. The summed E-state index contributed by atoms with van der Waals surface area (Å²) in [5, 5.41) is 2.86. The van der Waals surface area contributed by atoms with Crippen LogP contribution in [-0.4, -0.2) is 19.1 Å². The number of hydrogen-bond donors (Lipinski definition) is 2. The first-order valence-corrected chi connectivity index (χ1v) is 7.06. The third-order valence-electron chi connectivity index (χ3n) is 3.07. The molecule has 0 spiro atoms. The zero-order chi connectivity index (χ0) is 15.1. The third kappa shape index (κ3) is 4.33. The van der Waals surface area contributed by atoms with Gasteiger partial charge in [-0.1, -0.05) is 12.1 Å². The number of ether oxygens (including phenoxy) is 1. The number of carbonyl (C=O) groups excluding carboxylic acids is 1. The molecule has 2 rings (SSSR count). The number of benzene rings is 2. The van der Waals surface area contributed by atoms with Crippen LogP contribution in [0.2, 0.25) is 0 Å². The van der Waals surface area contributed by atoms with Crippen molar-refractivity contribution in [3.63, 3.8) is 0 Å². The van der Waals surface area contributed by atoms with E-state index in [0.717, 1.165) is 23.4 Å². The lowest BCUT2D eigenvalue weighted by molar-refractivity contribution is 0.102. The first-order valence-electron chi connectivity index (χ1n) is 7.06. The van der Waals surface area contributed by atoms with Gasteiger partial charge in [0.05, 0.1) is 6.61 Å². The molecule has 3 N–H and O–H groups in total. The van der Waals surface area contributed by atoms with Gasteiger partial charge in [-0.25, -0.2) is 0 Å². The van der Waals surface area contributed by atoms with Crippen LogP contribution in [0.15, 0.2) is 48.5 Å². The van der Waals surface area contributed by atoms with Crippen LogP contribution in [-0.2, 0) is 6.42 Å². The zero-order valence-corrected chi connectivity index (χ0v) is 12.1. The van der Waals surface area contributed by atoms with Crippen molar-refractivity contribution < 1.29 is 9.53 Å². The fraction of sp³-hybridized carbons (Fsp3) is 0.235. The minimum absolute atomic E-state index is 0.126. The predicted molar refractivity (Wildman–Crippen MR) is 84.8 cm³/mol. The molecule has 4 nitrogen and oxygen atoms in total. The van der Waals surface area contributed by atoms with E-state index in [1.807, 2.05) is 55.5 Å². The number of rotatable bonds is 6. The molecular weight excluding hydrogens is 264 g/mol. The first-order chi connectivity index (χ1) is 10.2. The number of nitrogens with two attached hydrogens (primary N) is 1. The van der Waals surface area contributed by atoms with E-state index >= 15 is 0 Å². The minimum atomic E-state index is -0.126. The zero-order valence-electron chi connectivity index (χ0n) is 12.1. The molecule has 0 aliphatic rings. The molecule has 0 radical (unpaired) electrons. The van der Waals surface area contributed by atoms with E-state index in [1.165, 1.54) is 0 Å². The highest BCUT2D eigenvalue weighted by Crippen LogP contribution is 2.16. The second-order valence-electron chi connectivity index (χ2n) is 4.65. The Labute approximate surface area is 124 Å². The van der Waals surface area contributed by atoms with Crippen molar-refractivity contribution in [2.45, 2.75) is 13.3 Å². The van der Waals surface area contributed by atoms with Gasteiger partial charge in [0.15, 0.2) is 0 Å². The lowest BCUT2D eigenvalue weighted by Gasteiger charge is -2.07. The van der Waals surface area contributed by atoms with Crippen LogP contribution in [0.4, 0.5) is 5.69 Å². The van der Waals surface area contributed by atoms with Gasteiger partial charge in [-0.05, 0) is 61.9 Å². The maximum atomic E-state index is 12.1. The Balaban J connectivity index is 2.00. The highest BCUT2D eigenvalue weighted by atomic mass is 16.5. The van der Waals surface area contributed by atoms with Crippen LogP contribution in [0.1, 0.15) is 22.8 Å². The van der Waals surface area contributed by atoms with Crippen LogP contribution >= 0.6 is 0 Å². The van der Waals surface area contributed by atoms with E-state index in [0.29, 0.717) is 18.7 Å². The maximum Gasteiger partial charge on any atom is 0.255 e. The van der Waals surface area contributed by atoms with Gasteiger partial charge < -0.3 is 15.8 Å². The summed E-state index contributed by atoms with van der Waals surface area (Å²) in [6.45, 7) is 3.17. The molecule has 0 bridgehead atoms. The Morgan fingerprint density at radius 3 is 2.33 bits per heavy atom. The molecule has 21 heavy (non-hydrogen) atoms. The lowest BCUT2D eigenvalue weighted by atomic mass is 10.1. The Bertz CT molecular complexity index is 577. The molecule has 0 atom stereocenters. The molecule has 0 unspecified atom stereocenters. The van der Waals surface area contributed by atoms with E-state index < -0.39 is 0 Å². The fourth-order valence-corrected chi connectivity index (χ4v) is 1.99. The van der Waals surface area contributed by atoms with Crippen LogP contribution in [0.5, 0.6) is 5.75 Å². The topological polar surface area (TPSA) is 64.3 Å². The smallest absolute Gasteiger partial charge is 0.255 e. The van der Waals surface area contributed by atoms with Crippen molar-refractivity contribution >= 4 is 11.6 Å². The fourth-order valence-electron chi connectivity index (χ4n) is 1.99. The van der Waals surface area contributed by atoms with Gasteiger partial charge in [0, 0.05) is 11.3 Å². The van der Waals surface area contributed by atoms with E-state index in [4.69, 9.17) is 10.5 Å². The van der Waals surface area contributed by atoms with Crippen LogP contribution < -0.4 is 15.8 Å². The molecule has 0 aliphatic heterocycles. The number of nitrogens with one attached hydrogen (secondary N) is 1. The summed E-state index contributed by atoms with van der Waals surface area (Å²) >= 11 is 0. The predicted octanol–water partition coefficient (Wildman–Crippen LogP) is 2.84. The highest BCUT2D eigenvalue weighted by molar-refractivity contribution is 6.04. The average molecular weight is 284 g/mol. The average Bonchev–Trinajstić information content (AvgIpc) is 2.50. The summed E-state index contributed by atoms with van der Waals surface area (Å²) in [6.07, 6.45) is 0.820. The van der Waals surface area contributed by atoms with Crippen LogP contribution in [0.3, 0.4) is 0 Å². The Morgan fingerprint density at radius 1 is 1.10 bits per heavy atom. The first kappa shape index (κ1) is 15.1. The van der Waals surface area contributed by atoms with Gasteiger partial charge in [0.2, 0.25) is 0 Å². The number of carbonyl (C=O) groups is 1. The molecule has 0 saturated heterocycles. The lowest BCUT2D eigenvalue weighted by Crippen LogP contribution is -2.12. The Morgan fingerprint density at radius 2 is 1.76 bits per heavy atom. The molecule has 0 aromatic heterocycles. The normalized spacial score (nSPS) is 10.2. The van der Waals surface area contributed by atoms with Gasteiger partial charge in [-0.15, -0.1) is 0 Å². The van der Waals surface area contributed by atoms with E-state index in [2.05, 4.69) is 5.32 Å². The monoisotopic (exact) mass is 284 g/mol. The van der Waals surface area contributed by atoms with Crippen molar-refractivity contribution in [3.05, 3.63) is 59.7 Å². The molecule has 0 saturated carbocycles. The van der Waals surface area contributed by atoms with Crippen molar-refractivity contribution in [1.29, 1.82) is 0 Å². The Kier molecular flexibility index (Phi) is 5.35. The SMILES string of the molecule is CCOc1ccc(NC(=O)c2ccc(CCN)cc2)cc1. The highest BCUT2D eigenvalue weighted by Gasteiger charge is 2.06. The molecule has 2 aromatic rings.